The lowest BCUT2D eigenvalue weighted by atomic mass is 9.98. The first kappa shape index (κ1) is 18.5. The highest BCUT2D eigenvalue weighted by atomic mass is 35.5. The van der Waals surface area contributed by atoms with Crippen molar-refractivity contribution in [2.45, 2.75) is 25.1 Å². The summed E-state index contributed by atoms with van der Waals surface area (Å²) in [6, 6.07) is 12.9. The molecular formula is C18H23ClN2O3S. The summed E-state index contributed by atoms with van der Waals surface area (Å²) in [5, 5.41) is 0.400. The van der Waals surface area contributed by atoms with Crippen LogP contribution in [0.1, 0.15) is 24.2 Å². The van der Waals surface area contributed by atoms with Crippen molar-refractivity contribution in [1.82, 2.24) is 9.62 Å². The van der Waals surface area contributed by atoms with Gasteiger partial charge in [-0.1, -0.05) is 30.3 Å². The first-order valence-corrected chi connectivity index (χ1v) is 10.5. The molecule has 0 spiro atoms. The number of nitrogens with zero attached hydrogens (tertiary/aromatic N) is 1. The van der Waals surface area contributed by atoms with Gasteiger partial charge in [-0.05, 0) is 54.6 Å². The standard InChI is InChI=1S/C18H23ClN2O3S/c19-18-9-8-17(24-18)13-21-10-4-7-16(12-21)11-20-25(22,23)14-15-5-2-1-3-6-15/h1-3,5-6,8-9,16,20H,4,7,10-14H2/t16-/m0/s1. The summed E-state index contributed by atoms with van der Waals surface area (Å²) in [6.07, 6.45) is 2.09. The van der Waals surface area contributed by atoms with Crippen molar-refractivity contribution in [1.29, 1.82) is 0 Å². The highest BCUT2D eigenvalue weighted by Gasteiger charge is 2.22. The van der Waals surface area contributed by atoms with E-state index in [0.717, 1.165) is 37.3 Å². The van der Waals surface area contributed by atoms with E-state index in [1.807, 2.05) is 36.4 Å². The highest BCUT2D eigenvalue weighted by molar-refractivity contribution is 7.88. The number of nitrogens with one attached hydrogen (secondary N) is 1. The van der Waals surface area contributed by atoms with Crippen molar-refractivity contribution in [3.05, 3.63) is 59.0 Å². The van der Waals surface area contributed by atoms with E-state index >= 15 is 0 Å². The van der Waals surface area contributed by atoms with Crippen LogP contribution in [0.25, 0.3) is 0 Å². The Labute approximate surface area is 154 Å². The fraction of sp³-hybridized carbons (Fsp3) is 0.444. The SMILES string of the molecule is O=S(=O)(Cc1ccccc1)NC[C@@H]1CCCN(Cc2ccc(Cl)o2)C1. The summed E-state index contributed by atoms with van der Waals surface area (Å²) in [5.74, 6) is 1.18. The lowest BCUT2D eigenvalue weighted by Crippen LogP contribution is -2.40. The van der Waals surface area contributed by atoms with Crippen LogP contribution in [0.3, 0.4) is 0 Å². The molecule has 1 aliphatic rings. The first-order valence-electron chi connectivity index (χ1n) is 8.48. The normalized spacial score (nSPS) is 19.2. The number of sulfonamides is 1. The zero-order chi connectivity index (χ0) is 17.7. The molecule has 2 aromatic rings. The molecule has 1 atom stereocenters. The van der Waals surface area contributed by atoms with Gasteiger partial charge in [-0.2, -0.15) is 0 Å². The summed E-state index contributed by atoms with van der Waals surface area (Å²) in [6.45, 7) is 3.03. The van der Waals surface area contributed by atoms with Gasteiger partial charge in [0.05, 0.1) is 12.3 Å². The van der Waals surface area contributed by atoms with E-state index in [1.54, 1.807) is 6.07 Å². The van der Waals surface area contributed by atoms with Crippen LogP contribution in [-0.4, -0.2) is 33.0 Å². The minimum Gasteiger partial charge on any atom is -0.448 e. The summed E-state index contributed by atoms with van der Waals surface area (Å²) >= 11 is 5.81. The van der Waals surface area contributed by atoms with Crippen LogP contribution in [0.5, 0.6) is 0 Å². The molecule has 1 N–H and O–H groups in total. The second-order valence-electron chi connectivity index (χ2n) is 6.54. The third-order valence-electron chi connectivity index (χ3n) is 4.40. The average molecular weight is 383 g/mol. The molecule has 1 aliphatic heterocycles. The van der Waals surface area contributed by atoms with E-state index in [-0.39, 0.29) is 5.75 Å². The van der Waals surface area contributed by atoms with E-state index in [4.69, 9.17) is 16.0 Å². The maximum Gasteiger partial charge on any atom is 0.215 e. The van der Waals surface area contributed by atoms with Crippen molar-refractivity contribution in [3.8, 4) is 0 Å². The van der Waals surface area contributed by atoms with Crippen LogP contribution < -0.4 is 4.72 Å². The van der Waals surface area contributed by atoms with Crippen molar-refractivity contribution < 1.29 is 12.8 Å². The van der Waals surface area contributed by atoms with Gasteiger partial charge in [0.1, 0.15) is 5.76 Å². The first-order chi connectivity index (χ1) is 12.0. The monoisotopic (exact) mass is 382 g/mol. The van der Waals surface area contributed by atoms with Gasteiger partial charge in [0, 0.05) is 13.1 Å². The van der Waals surface area contributed by atoms with E-state index in [0.29, 0.717) is 24.2 Å². The predicted octanol–water partition coefficient (Wildman–Crippen LogP) is 3.26. The van der Waals surface area contributed by atoms with E-state index in [9.17, 15) is 8.42 Å². The van der Waals surface area contributed by atoms with Crippen molar-refractivity contribution in [2.75, 3.05) is 19.6 Å². The molecular weight excluding hydrogens is 360 g/mol. The fourth-order valence-electron chi connectivity index (χ4n) is 3.21. The fourth-order valence-corrected chi connectivity index (χ4v) is 4.59. The molecule has 1 aromatic heterocycles. The summed E-state index contributed by atoms with van der Waals surface area (Å²) in [7, 11) is -3.31. The zero-order valence-electron chi connectivity index (χ0n) is 14.0. The van der Waals surface area contributed by atoms with Gasteiger partial charge in [-0.25, -0.2) is 13.1 Å². The van der Waals surface area contributed by atoms with Crippen molar-refractivity contribution >= 4 is 21.6 Å². The highest BCUT2D eigenvalue weighted by Crippen LogP contribution is 2.20. The van der Waals surface area contributed by atoms with Crippen LogP contribution in [0.2, 0.25) is 5.22 Å². The van der Waals surface area contributed by atoms with Gasteiger partial charge < -0.3 is 4.42 Å². The number of hydrogen-bond donors (Lipinski definition) is 1. The third kappa shape index (κ3) is 5.85. The van der Waals surface area contributed by atoms with Gasteiger partial charge in [-0.3, -0.25) is 4.90 Å². The molecule has 136 valence electrons. The van der Waals surface area contributed by atoms with Gasteiger partial charge in [0.15, 0.2) is 5.22 Å². The summed E-state index contributed by atoms with van der Waals surface area (Å²) in [4.78, 5) is 2.29. The molecule has 0 radical (unpaired) electrons. The Morgan fingerprint density at radius 1 is 1.20 bits per heavy atom. The summed E-state index contributed by atoms with van der Waals surface area (Å²) < 4.78 is 32.7. The molecule has 25 heavy (non-hydrogen) atoms. The number of benzene rings is 1. The number of furan rings is 1. The van der Waals surface area contributed by atoms with Crippen LogP contribution in [0.15, 0.2) is 46.9 Å². The molecule has 2 heterocycles. The van der Waals surface area contributed by atoms with Gasteiger partial charge in [-0.15, -0.1) is 0 Å². The van der Waals surface area contributed by atoms with Crippen molar-refractivity contribution in [3.63, 3.8) is 0 Å². The van der Waals surface area contributed by atoms with Crippen LogP contribution in [0.4, 0.5) is 0 Å². The molecule has 0 amide bonds. The molecule has 0 unspecified atom stereocenters. The Balaban J connectivity index is 1.49. The lowest BCUT2D eigenvalue weighted by molar-refractivity contribution is 0.158. The molecule has 1 fully saturated rings. The quantitative estimate of drug-likeness (QED) is 0.798. The van der Waals surface area contributed by atoms with Gasteiger partial charge in [0.25, 0.3) is 0 Å². The van der Waals surface area contributed by atoms with Crippen molar-refractivity contribution in [2.24, 2.45) is 5.92 Å². The number of likely N-dealkylation sites (tertiary alicyclic amines) is 1. The van der Waals surface area contributed by atoms with E-state index in [2.05, 4.69) is 9.62 Å². The summed E-state index contributed by atoms with van der Waals surface area (Å²) in [5.41, 5.74) is 0.801. The number of rotatable bonds is 7. The smallest absolute Gasteiger partial charge is 0.215 e. The molecule has 3 rings (SSSR count). The lowest BCUT2D eigenvalue weighted by Gasteiger charge is -2.32. The Morgan fingerprint density at radius 2 is 2.00 bits per heavy atom. The molecule has 1 saturated heterocycles. The number of halogens is 1. The van der Waals surface area contributed by atoms with Crippen LogP contribution in [-0.2, 0) is 22.3 Å². The Bertz CT molecular complexity index is 777. The Kier molecular flexibility index (Phi) is 6.17. The number of hydrogen-bond acceptors (Lipinski definition) is 4. The minimum atomic E-state index is -3.31. The van der Waals surface area contributed by atoms with Crippen LogP contribution >= 0.6 is 11.6 Å². The van der Waals surface area contributed by atoms with Gasteiger partial charge in [0.2, 0.25) is 10.0 Å². The average Bonchev–Trinajstić information content (AvgIpc) is 2.99. The minimum absolute atomic E-state index is 0.0230. The molecule has 7 heteroatoms. The predicted molar refractivity (Wildman–Crippen MR) is 98.8 cm³/mol. The third-order valence-corrected chi connectivity index (χ3v) is 5.93. The maximum atomic E-state index is 12.3. The van der Waals surface area contributed by atoms with Crippen LogP contribution in [0, 0.1) is 5.92 Å². The Hall–Kier alpha value is -1.34. The topological polar surface area (TPSA) is 62.6 Å². The second-order valence-corrected chi connectivity index (χ2v) is 8.72. The molecule has 0 bridgehead atoms. The molecule has 0 saturated carbocycles. The molecule has 1 aromatic carbocycles. The molecule has 0 aliphatic carbocycles. The molecule has 5 nitrogen and oxygen atoms in total. The maximum absolute atomic E-state index is 12.3. The van der Waals surface area contributed by atoms with E-state index in [1.165, 1.54) is 0 Å². The Morgan fingerprint density at radius 3 is 2.72 bits per heavy atom. The second kappa shape index (κ2) is 8.36. The van der Waals surface area contributed by atoms with Gasteiger partial charge >= 0.3 is 0 Å². The van der Waals surface area contributed by atoms with E-state index < -0.39 is 10.0 Å². The zero-order valence-corrected chi connectivity index (χ0v) is 15.6. The largest absolute Gasteiger partial charge is 0.448 e. The number of piperidine rings is 1.